The van der Waals surface area contributed by atoms with Crippen molar-refractivity contribution in [3.8, 4) is 0 Å². The van der Waals surface area contributed by atoms with Crippen LogP contribution >= 0.6 is 0 Å². The van der Waals surface area contributed by atoms with Gasteiger partial charge in [0.15, 0.2) is 12.3 Å². The molecule has 2 aromatic heterocycles. The highest BCUT2D eigenvalue weighted by atomic mass is 16.3. The van der Waals surface area contributed by atoms with Crippen LogP contribution < -0.4 is 4.90 Å². The molecule has 0 saturated carbocycles. The van der Waals surface area contributed by atoms with Crippen molar-refractivity contribution in [2.24, 2.45) is 11.0 Å². The molecule has 5 rings (SSSR count). The van der Waals surface area contributed by atoms with E-state index >= 15 is 0 Å². The van der Waals surface area contributed by atoms with Gasteiger partial charge in [-0.1, -0.05) is 25.1 Å². The van der Waals surface area contributed by atoms with Gasteiger partial charge in [0, 0.05) is 11.8 Å². The van der Waals surface area contributed by atoms with Gasteiger partial charge in [-0.2, -0.15) is 5.10 Å². The Kier molecular flexibility index (Phi) is 4.72. The van der Waals surface area contributed by atoms with Crippen molar-refractivity contribution in [1.29, 1.82) is 0 Å². The lowest BCUT2D eigenvalue weighted by atomic mass is 9.99. The molecule has 1 fully saturated rings. The molecule has 3 aromatic rings. The highest BCUT2D eigenvalue weighted by molar-refractivity contribution is 6.03. The molecular formula is C23H26N3O3+. The molecule has 1 amide bonds. The molecule has 6 nitrogen and oxygen atoms in total. The molecule has 0 bridgehead atoms. The van der Waals surface area contributed by atoms with E-state index in [-0.39, 0.29) is 11.9 Å². The van der Waals surface area contributed by atoms with E-state index in [1.165, 1.54) is 17.7 Å². The number of amides is 1. The number of fused-ring (bicyclic) bond motifs is 1. The Labute approximate surface area is 169 Å². The first-order valence-corrected chi connectivity index (χ1v) is 10.4. The van der Waals surface area contributed by atoms with E-state index in [9.17, 15) is 4.79 Å². The normalized spacial score (nSPS) is 24.8. The summed E-state index contributed by atoms with van der Waals surface area (Å²) in [6.07, 6.45) is 4.59. The van der Waals surface area contributed by atoms with E-state index in [0.29, 0.717) is 13.0 Å². The predicted molar refractivity (Wildman–Crippen MR) is 110 cm³/mol. The second-order valence-corrected chi connectivity index (χ2v) is 8.28. The average molecular weight is 392 g/mol. The van der Waals surface area contributed by atoms with Gasteiger partial charge in [-0.3, -0.25) is 4.79 Å². The molecule has 0 spiro atoms. The maximum atomic E-state index is 13.2. The predicted octanol–water partition coefficient (Wildman–Crippen LogP) is 3.02. The molecule has 4 heterocycles. The van der Waals surface area contributed by atoms with Crippen LogP contribution in [0.2, 0.25) is 0 Å². The Morgan fingerprint density at radius 1 is 1.21 bits per heavy atom. The molecule has 0 unspecified atom stereocenters. The van der Waals surface area contributed by atoms with Crippen molar-refractivity contribution in [3.05, 3.63) is 60.2 Å². The minimum absolute atomic E-state index is 0.0436. The van der Waals surface area contributed by atoms with Crippen molar-refractivity contribution < 1.29 is 18.5 Å². The molecule has 29 heavy (non-hydrogen) atoms. The molecule has 0 aliphatic carbocycles. The summed E-state index contributed by atoms with van der Waals surface area (Å²) in [4.78, 5) is 14.5. The Hall–Kier alpha value is -2.86. The molecule has 150 valence electrons. The molecule has 1 atom stereocenters. The van der Waals surface area contributed by atoms with Gasteiger partial charge in [-0.25, -0.2) is 5.01 Å². The number of nitrogens with zero attached hydrogens (tertiary/aromatic N) is 2. The second-order valence-electron chi connectivity index (χ2n) is 8.28. The van der Waals surface area contributed by atoms with Crippen LogP contribution in [0, 0.1) is 5.92 Å². The fraction of sp³-hybridized carbons (Fsp3) is 0.391. The monoisotopic (exact) mass is 392 g/mol. The van der Waals surface area contributed by atoms with Gasteiger partial charge in [0.25, 0.3) is 5.91 Å². The van der Waals surface area contributed by atoms with Crippen molar-refractivity contribution in [1.82, 2.24) is 5.01 Å². The standard InChI is InChI=1S/C23H25N3O3/c1-16-8-10-25(11-9-16)15-23(27)26-19(21-7-4-12-28-21)14-18(24-26)22-13-17-5-2-3-6-20(17)29-22/h2-7,12-13,16,19H,8-11,14-15H2,1H3/p+1/t19-/m0/s1. The molecule has 1 aromatic carbocycles. The number of rotatable bonds is 4. The van der Waals surface area contributed by atoms with Crippen LogP contribution in [0.5, 0.6) is 0 Å². The third kappa shape index (κ3) is 3.60. The summed E-state index contributed by atoms with van der Waals surface area (Å²) >= 11 is 0. The lowest BCUT2D eigenvalue weighted by molar-refractivity contribution is -0.898. The number of para-hydroxylation sites is 1. The number of carbonyl (C=O) groups excluding carboxylic acids is 1. The first kappa shape index (κ1) is 18.2. The van der Waals surface area contributed by atoms with Crippen LogP contribution in [0.3, 0.4) is 0 Å². The summed E-state index contributed by atoms with van der Waals surface area (Å²) in [5, 5.41) is 7.36. The van der Waals surface area contributed by atoms with Crippen LogP contribution in [0.4, 0.5) is 0 Å². The molecular weight excluding hydrogens is 366 g/mol. The molecule has 0 radical (unpaired) electrons. The van der Waals surface area contributed by atoms with E-state index < -0.39 is 0 Å². The minimum Gasteiger partial charge on any atom is -0.467 e. The zero-order valence-electron chi connectivity index (χ0n) is 16.6. The van der Waals surface area contributed by atoms with E-state index in [1.54, 1.807) is 11.3 Å². The number of hydrogen-bond acceptors (Lipinski definition) is 4. The number of hydrazone groups is 1. The van der Waals surface area contributed by atoms with Crippen molar-refractivity contribution in [2.45, 2.75) is 32.2 Å². The minimum atomic E-state index is -0.219. The fourth-order valence-corrected chi connectivity index (χ4v) is 4.36. The Balaban J connectivity index is 1.41. The molecule has 2 aliphatic rings. The maximum Gasteiger partial charge on any atom is 0.298 e. The third-order valence-electron chi connectivity index (χ3n) is 6.13. The number of furan rings is 2. The van der Waals surface area contributed by atoms with Crippen LogP contribution in [-0.2, 0) is 4.79 Å². The topological polar surface area (TPSA) is 63.4 Å². The first-order valence-electron chi connectivity index (χ1n) is 10.4. The second kappa shape index (κ2) is 7.52. The van der Waals surface area contributed by atoms with E-state index in [0.717, 1.165) is 47.2 Å². The summed E-state index contributed by atoms with van der Waals surface area (Å²) in [7, 11) is 0. The highest BCUT2D eigenvalue weighted by Crippen LogP contribution is 2.34. The van der Waals surface area contributed by atoms with Crippen molar-refractivity contribution >= 4 is 22.6 Å². The zero-order valence-corrected chi connectivity index (χ0v) is 16.6. The van der Waals surface area contributed by atoms with Gasteiger partial charge in [-0.05, 0) is 43.0 Å². The van der Waals surface area contributed by atoms with Gasteiger partial charge in [0.2, 0.25) is 0 Å². The van der Waals surface area contributed by atoms with Gasteiger partial charge >= 0.3 is 0 Å². The number of piperidine rings is 1. The summed E-state index contributed by atoms with van der Waals surface area (Å²) in [5.41, 5.74) is 1.62. The Bertz CT molecular complexity index is 996. The molecule has 1 saturated heterocycles. The Morgan fingerprint density at radius 3 is 2.79 bits per heavy atom. The number of nitrogens with one attached hydrogen (secondary N) is 1. The van der Waals surface area contributed by atoms with Gasteiger partial charge < -0.3 is 13.7 Å². The van der Waals surface area contributed by atoms with Gasteiger partial charge in [-0.15, -0.1) is 0 Å². The summed E-state index contributed by atoms with van der Waals surface area (Å²) in [6, 6.07) is 13.5. The summed E-state index contributed by atoms with van der Waals surface area (Å²) in [6.45, 7) is 4.86. The van der Waals surface area contributed by atoms with Gasteiger partial charge in [0.1, 0.15) is 23.1 Å². The lowest BCUT2D eigenvalue weighted by Gasteiger charge is -2.28. The third-order valence-corrected chi connectivity index (χ3v) is 6.13. The SMILES string of the molecule is CC1CC[NH+](CC(=O)N2N=C(c3cc4ccccc4o3)C[C@H]2c2ccco2)CC1. The largest absolute Gasteiger partial charge is 0.467 e. The number of carbonyl (C=O) groups is 1. The summed E-state index contributed by atoms with van der Waals surface area (Å²) in [5.74, 6) is 2.28. The number of quaternary nitrogens is 1. The zero-order chi connectivity index (χ0) is 19.8. The molecule has 6 heteroatoms. The van der Waals surface area contributed by atoms with Crippen LogP contribution in [0.15, 0.2) is 62.7 Å². The number of benzene rings is 1. The van der Waals surface area contributed by atoms with E-state index in [2.05, 4.69) is 6.92 Å². The summed E-state index contributed by atoms with van der Waals surface area (Å²) < 4.78 is 11.6. The smallest absolute Gasteiger partial charge is 0.298 e. The van der Waals surface area contributed by atoms with Crippen molar-refractivity contribution in [2.75, 3.05) is 19.6 Å². The van der Waals surface area contributed by atoms with Crippen LogP contribution in [0.1, 0.15) is 43.7 Å². The average Bonchev–Trinajstić information content (AvgIpc) is 3.47. The number of hydrogen-bond donors (Lipinski definition) is 1. The Morgan fingerprint density at radius 2 is 2.03 bits per heavy atom. The van der Waals surface area contributed by atoms with E-state index in [4.69, 9.17) is 13.9 Å². The van der Waals surface area contributed by atoms with Crippen molar-refractivity contribution in [3.63, 3.8) is 0 Å². The first-order chi connectivity index (χ1) is 14.2. The van der Waals surface area contributed by atoms with Crippen LogP contribution in [-0.4, -0.2) is 36.3 Å². The molecule has 1 N–H and O–H groups in total. The fourth-order valence-electron chi connectivity index (χ4n) is 4.36. The van der Waals surface area contributed by atoms with Gasteiger partial charge in [0.05, 0.1) is 19.4 Å². The highest BCUT2D eigenvalue weighted by Gasteiger charge is 2.37. The maximum absolute atomic E-state index is 13.2. The quantitative estimate of drug-likeness (QED) is 0.742. The molecule has 2 aliphatic heterocycles. The number of likely N-dealkylation sites (tertiary alicyclic amines) is 1. The van der Waals surface area contributed by atoms with E-state index in [1.807, 2.05) is 42.5 Å². The lowest BCUT2D eigenvalue weighted by Crippen LogP contribution is -3.14. The van der Waals surface area contributed by atoms with Crippen LogP contribution in [0.25, 0.3) is 11.0 Å².